The van der Waals surface area contributed by atoms with Crippen molar-refractivity contribution in [3.63, 3.8) is 0 Å². The first-order valence-corrected chi connectivity index (χ1v) is 16.7. The molecule has 2 aromatic heterocycles. The average Bonchev–Trinajstić information content (AvgIpc) is 3.50. The fourth-order valence-electron chi connectivity index (χ4n) is 5.89. The number of hydrogen-bond acceptors (Lipinski definition) is 11. The number of rotatable bonds is 11. The second-order valence-electron chi connectivity index (χ2n) is 13.1. The Kier molecular flexibility index (Phi) is 11.2. The van der Waals surface area contributed by atoms with Crippen molar-refractivity contribution >= 4 is 51.5 Å². The lowest BCUT2D eigenvalue weighted by molar-refractivity contribution is -0.111. The lowest BCUT2D eigenvalue weighted by Gasteiger charge is -2.35. The molecule has 2 aromatic carbocycles. The summed E-state index contributed by atoms with van der Waals surface area (Å²) in [6, 6.07) is 8.17. The van der Waals surface area contributed by atoms with Crippen molar-refractivity contribution in [3.05, 3.63) is 72.1 Å². The summed E-state index contributed by atoms with van der Waals surface area (Å²) in [5.74, 6) is -3.68. The van der Waals surface area contributed by atoms with Crippen LogP contribution < -0.4 is 29.9 Å². The summed E-state index contributed by atoms with van der Waals surface area (Å²) in [5.41, 5.74) is 0.211. The summed E-state index contributed by atoms with van der Waals surface area (Å²) in [4.78, 5) is 36.0. The number of methoxy groups -OCH3 is 2. The topological polar surface area (TPSA) is 142 Å². The SMILES string of the molecule is C=CC(=O)Nc1cc(N2CCN(CC)CC2)ccc1Nc1cc2c(N(C)C(=O)OC(C)(C)C)c(C(O)c3c(F)c(OC)cc(OC)c3F)oc2cn1. The molecule has 0 bridgehead atoms. The third-order valence-corrected chi connectivity index (χ3v) is 8.60. The number of fused-ring (bicyclic) bond motifs is 1. The van der Waals surface area contributed by atoms with Crippen molar-refractivity contribution in [2.24, 2.45) is 0 Å². The van der Waals surface area contributed by atoms with E-state index in [1.54, 1.807) is 26.8 Å². The first kappa shape index (κ1) is 37.8. The number of ether oxygens (including phenoxy) is 3. The molecule has 1 saturated heterocycles. The number of halogens is 2. The van der Waals surface area contributed by atoms with E-state index in [1.165, 1.54) is 33.5 Å². The van der Waals surface area contributed by atoms with E-state index in [0.29, 0.717) is 11.4 Å². The quantitative estimate of drug-likeness (QED) is 0.145. The number of pyridine rings is 1. The summed E-state index contributed by atoms with van der Waals surface area (Å²) in [6.45, 7) is 15.2. The number of amides is 2. The molecule has 1 aliphatic rings. The first-order valence-electron chi connectivity index (χ1n) is 16.7. The fourth-order valence-corrected chi connectivity index (χ4v) is 5.89. The van der Waals surface area contributed by atoms with Crippen LogP contribution in [0.1, 0.15) is 45.1 Å². The van der Waals surface area contributed by atoms with Crippen molar-refractivity contribution in [1.29, 1.82) is 0 Å². The summed E-state index contributed by atoms with van der Waals surface area (Å²) >= 11 is 0. The summed E-state index contributed by atoms with van der Waals surface area (Å²) in [6.07, 6.45) is -0.409. The number of anilines is 5. The molecule has 0 spiro atoms. The largest absolute Gasteiger partial charge is 0.494 e. The predicted octanol–water partition coefficient (Wildman–Crippen LogP) is 6.59. The molecule has 15 heteroatoms. The Labute approximate surface area is 300 Å². The van der Waals surface area contributed by atoms with E-state index < -0.39 is 40.9 Å². The van der Waals surface area contributed by atoms with Crippen LogP contribution in [0, 0.1) is 11.6 Å². The molecular weight excluding hydrogens is 678 g/mol. The summed E-state index contributed by atoms with van der Waals surface area (Å²) in [5, 5.41) is 17.9. The molecule has 3 N–H and O–H groups in total. The van der Waals surface area contributed by atoms with Gasteiger partial charge in [0, 0.05) is 50.4 Å². The van der Waals surface area contributed by atoms with Crippen molar-refractivity contribution in [2.75, 3.05) is 74.4 Å². The van der Waals surface area contributed by atoms with Gasteiger partial charge in [0.2, 0.25) is 5.91 Å². The predicted molar refractivity (Wildman–Crippen MR) is 195 cm³/mol. The lowest BCUT2D eigenvalue weighted by atomic mass is 10.0. The first-order chi connectivity index (χ1) is 24.7. The Morgan fingerprint density at radius 3 is 2.31 bits per heavy atom. The molecule has 278 valence electrons. The number of carbonyl (C=O) groups is 2. The van der Waals surface area contributed by atoms with Gasteiger partial charge >= 0.3 is 6.09 Å². The molecule has 0 radical (unpaired) electrons. The van der Waals surface area contributed by atoms with Crippen LogP contribution in [-0.2, 0) is 9.53 Å². The number of benzene rings is 2. The van der Waals surface area contributed by atoms with E-state index in [-0.39, 0.29) is 39.7 Å². The minimum absolute atomic E-state index is 0.0375. The standard InChI is InChI=1S/C37H44F2N6O7/c1-9-29(46)42-24-17-21(45-15-13-44(10-2)14-16-45)11-12-23(24)41-28-18-22-27(20-40-28)51-35(33(22)43(6)36(48)52-37(3,4)5)34(47)30-31(38)25(49-7)19-26(50-8)32(30)39/h9,11-12,17-20,34,47H,1,10,13-16H2,2-8H3,(H,40,41)(H,42,46). The van der Waals surface area contributed by atoms with Crippen LogP contribution in [0.15, 0.2) is 53.6 Å². The van der Waals surface area contributed by atoms with Crippen molar-refractivity contribution in [2.45, 2.75) is 39.4 Å². The molecule has 0 aliphatic carbocycles. The number of furan rings is 1. The number of carbonyl (C=O) groups excluding carboxylic acids is 2. The number of hydrogen-bond donors (Lipinski definition) is 3. The second-order valence-corrected chi connectivity index (χ2v) is 13.1. The van der Waals surface area contributed by atoms with Crippen molar-refractivity contribution in [1.82, 2.24) is 9.88 Å². The Bertz CT molecular complexity index is 1940. The van der Waals surface area contributed by atoms with Gasteiger partial charge in [0.15, 0.2) is 34.5 Å². The normalized spacial score (nSPS) is 14.2. The van der Waals surface area contributed by atoms with Crippen molar-refractivity contribution in [3.8, 4) is 11.5 Å². The molecule has 5 rings (SSSR count). The molecule has 0 saturated carbocycles. The Morgan fingerprint density at radius 2 is 1.73 bits per heavy atom. The van der Waals surface area contributed by atoms with Gasteiger partial charge in [0.1, 0.15) is 17.5 Å². The highest BCUT2D eigenvalue weighted by atomic mass is 19.1. The van der Waals surface area contributed by atoms with Crippen LogP contribution in [0.25, 0.3) is 11.0 Å². The van der Waals surface area contributed by atoms with Gasteiger partial charge in [-0.15, -0.1) is 0 Å². The van der Waals surface area contributed by atoms with Crippen LogP contribution in [0.4, 0.5) is 42.1 Å². The highest BCUT2D eigenvalue weighted by Gasteiger charge is 2.35. The average molecular weight is 723 g/mol. The molecule has 1 unspecified atom stereocenters. The molecule has 1 atom stereocenters. The summed E-state index contributed by atoms with van der Waals surface area (Å²) in [7, 11) is 3.75. The van der Waals surface area contributed by atoms with Crippen LogP contribution in [0.3, 0.4) is 0 Å². The van der Waals surface area contributed by atoms with Gasteiger partial charge in [-0.05, 0) is 57.7 Å². The van der Waals surface area contributed by atoms with Crippen LogP contribution in [-0.4, -0.2) is 86.6 Å². The minimum atomic E-state index is -2.08. The van der Waals surface area contributed by atoms with E-state index in [1.807, 2.05) is 18.2 Å². The molecule has 1 fully saturated rings. The van der Waals surface area contributed by atoms with Gasteiger partial charge < -0.3 is 44.2 Å². The van der Waals surface area contributed by atoms with Gasteiger partial charge in [-0.3, -0.25) is 9.69 Å². The molecule has 13 nitrogen and oxygen atoms in total. The zero-order valence-corrected chi connectivity index (χ0v) is 30.3. The number of nitrogens with zero attached hydrogens (tertiary/aromatic N) is 4. The smallest absolute Gasteiger partial charge is 0.414 e. The third-order valence-electron chi connectivity index (χ3n) is 8.60. The molecule has 4 aromatic rings. The van der Waals surface area contributed by atoms with Crippen LogP contribution >= 0.6 is 0 Å². The molecular formula is C37H44F2N6O7. The van der Waals surface area contributed by atoms with E-state index >= 15 is 8.78 Å². The van der Waals surface area contributed by atoms with Crippen LogP contribution in [0.2, 0.25) is 0 Å². The second kappa shape index (κ2) is 15.5. The number of aliphatic hydroxyl groups is 1. The number of aliphatic hydroxyl groups excluding tert-OH is 1. The zero-order valence-electron chi connectivity index (χ0n) is 30.3. The number of aromatic nitrogens is 1. The maximum atomic E-state index is 15.6. The molecule has 2 amide bonds. The zero-order chi connectivity index (χ0) is 37.9. The Morgan fingerprint density at radius 1 is 1.08 bits per heavy atom. The van der Waals surface area contributed by atoms with Gasteiger partial charge in [-0.25, -0.2) is 18.6 Å². The Hall–Kier alpha value is -5.41. The minimum Gasteiger partial charge on any atom is -0.494 e. The van der Waals surface area contributed by atoms with Gasteiger partial charge in [0.05, 0.1) is 43.0 Å². The van der Waals surface area contributed by atoms with E-state index in [4.69, 9.17) is 18.6 Å². The fraction of sp³-hybridized carbons (Fsp3) is 0.378. The maximum absolute atomic E-state index is 15.6. The van der Waals surface area contributed by atoms with Gasteiger partial charge in [-0.2, -0.15) is 0 Å². The number of nitrogens with one attached hydrogen (secondary N) is 2. The van der Waals surface area contributed by atoms with E-state index in [0.717, 1.165) is 49.4 Å². The van der Waals surface area contributed by atoms with Crippen molar-refractivity contribution < 1.29 is 42.1 Å². The molecule has 52 heavy (non-hydrogen) atoms. The number of likely N-dealkylation sites (N-methyl/N-ethyl adjacent to an activating group) is 1. The number of piperazine rings is 1. The monoisotopic (exact) mass is 722 g/mol. The maximum Gasteiger partial charge on any atom is 0.414 e. The summed E-state index contributed by atoms with van der Waals surface area (Å²) < 4.78 is 52.9. The van der Waals surface area contributed by atoms with Gasteiger partial charge in [0.25, 0.3) is 0 Å². The van der Waals surface area contributed by atoms with Gasteiger partial charge in [-0.1, -0.05) is 13.5 Å². The Balaban J connectivity index is 1.60. The molecule has 1 aliphatic heterocycles. The lowest BCUT2D eigenvalue weighted by Crippen LogP contribution is -2.46. The third kappa shape index (κ3) is 7.90. The molecule has 3 heterocycles. The van der Waals surface area contributed by atoms with Crippen LogP contribution in [0.5, 0.6) is 11.5 Å². The van der Waals surface area contributed by atoms with E-state index in [9.17, 15) is 14.7 Å². The van der Waals surface area contributed by atoms with E-state index in [2.05, 4.69) is 38.9 Å². The highest BCUT2D eigenvalue weighted by Crippen LogP contribution is 2.44. The highest BCUT2D eigenvalue weighted by molar-refractivity contribution is 6.04.